The van der Waals surface area contributed by atoms with Crippen molar-refractivity contribution in [1.29, 1.82) is 0 Å². The second kappa shape index (κ2) is 14.2. The van der Waals surface area contributed by atoms with E-state index in [2.05, 4.69) is 25.3 Å². The van der Waals surface area contributed by atoms with Crippen LogP contribution in [0.25, 0.3) is 44.8 Å². The number of carboxylic acid groups (broad SMARTS) is 1. The van der Waals surface area contributed by atoms with E-state index in [0.717, 1.165) is 18.4 Å². The van der Waals surface area contributed by atoms with Crippen LogP contribution in [-0.2, 0) is 6.42 Å². The summed E-state index contributed by atoms with van der Waals surface area (Å²) in [7, 11) is 0. The van der Waals surface area contributed by atoms with Gasteiger partial charge >= 0.3 is 5.97 Å². The van der Waals surface area contributed by atoms with Crippen LogP contribution in [0.4, 0.5) is 5.69 Å². The number of aromatic nitrogens is 4. The van der Waals surface area contributed by atoms with Crippen LogP contribution in [0.5, 0.6) is 0 Å². The number of rotatable bonds is 5. The number of aromatic carboxylic acids is 1. The smallest absolute Gasteiger partial charge is 0.335 e. The number of carbonyl (C=O) groups excluding carboxylic acids is 2. The summed E-state index contributed by atoms with van der Waals surface area (Å²) in [6.07, 6.45) is 2.32. The summed E-state index contributed by atoms with van der Waals surface area (Å²) in [6, 6.07) is 25.9. The van der Waals surface area contributed by atoms with Gasteiger partial charge in [0.15, 0.2) is 5.78 Å². The normalized spacial score (nSPS) is 12.4. The monoisotopic (exact) mass is 755 g/mol. The lowest BCUT2D eigenvalue weighted by Crippen LogP contribution is -2.15. The molecule has 0 saturated carbocycles. The third-order valence-electron chi connectivity index (χ3n) is 8.39. The number of hydrogen-bond acceptors (Lipinski definition) is 5. The minimum absolute atomic E-state index is 0.127. The van der Waals surface area contributed by atoms with E-state index in [4.69, 9.17) is 51.5 Å². The summed E-state index contributed by atoms with van der Waals surface area (Å²) in [5.74, 6) is -0.0765. The molecular weight excluding hydrogens is 732 g/mol. The second-order valence-corrected chi connectivity index (χ2v) is 13.4. The zero-order valence-electron chi connectivity index (χ0n) is 26.4. The van der Waals surface area contributed by atoms with E-state index < -0.39 is 5.97 Å². The third-order valence-corrected chi connectivity index (χ3v) is 9.65. The lowest BCUT2D eigenvalue weighted by atomic mass is 9.90. The van der Waals surface area contributed by atoms with E-state index in [0.29, 0.717) is 88.2 Å². The highest BCUT2D eigenvalue weighted by Crippen LogP contribution is 2.35. The fourth-order valence-electron chi connectivity index (χ4n) is 5.89. The van der Waals surface area contributed by atoms with Crippen LogP contribution < -0.4 is 5.32 Å². The molecule has 7 aromatic rings. The largest absolute Gasteiger partial charge is 0.478 e. The van der Waals surface area contributed by atoms with Gasteiger partial charge in [0.05, 0.1) is 58.8 Å². The van der Waals surface area contributed by atoms with E-state index in [1.54, 1.807) is 66.7 Å². The van der Waals surface area contributed by atoms with Crippen molar-refractivity contribution < 1.29 is 19.5 Å². The van der Waals surface area contributed by atoms with Crippen molar-refractivity contribution in [3.63, 3.8) is 0 Å². The average Bonchev–Trinajstić information content (AvgIpc) is 3.72. The number of anilines is 1. The lowest BCUT2D eigenvalue weighted by molar-refractivity contribution is 0.0696. The molecule has 0 radical (unpaired) electrons. The van der Waals surface area contributed by atoms with Gasteiger partial charge < -0.3 is 20.4 Å². The molecule has 2 aromatic heterocycles. The van der Waals surface area contributed by atoms with Crippen LogP contribution >= 0.6 is 46.4 Å². The van der Waals surface area contributed by atoms with Crippen molar-refractivity contribution in [2.75, 3.05) is 5.32 Å². The molecule has 4 N–H and O–H groups in total. The quantitative estimate of drug-likeness (QED) is 0.138. The van der Waals surface area contributed by atoms with E-state index in [9.17, 15) is 14.4 Å². The van der Waals surface area contributed by atoms with Crippen molar-refractivity contribution in [2.45, 2.75) is 19.3 Å². The van der Waals surface area contributed by atoms with Gasteiger partial charge in [-0.3, -0.25) is 9.59 Å². The van der Waals surface area contributed by atoms with Crippen molar-refractivity contribution in [3.05, 3.63) is 133 Å². The fraction of sp³-hybridized carbons (Fsp3) is 0.0789. The first kappa shape index (κ1) is 34.3. The number of aryl methyl sites for hydroxylation is 1. The lowest BCUT2D eigenvalue weighted by Gasteiger charge is -2.16. The number of halogens is 4. The number of H-pyrrole nitrogens is 2. The van der Waals surface area contributed by atoms with Gasteiger partial charge in [-0.25, -0.2) is 14.8 Å². The number of imidazole rings is 2. The Labute approximate surface area is 310 Å². The Kier molecular flexibility index (Phi) is 9.54. The van der Waals surface area contributed by atoms with Crippen LogP contribution in [0.1, 0.15) is 49.5 Å². The Hall–Kier alpha value is -5.19. The Balaban J connectivity index is 0.000000175. The van der Waals surface area contributed by atoms with Crippen molar-refractivity contribution in [3.8, 4) is 22.8 Å². The molecule has 9 nitrogen and oxygen atoms in total. The van der Waals surface area contributed by atoms with Crippen LogP contribution in [0.3, 0.4) is 0 Å². The molecule has 5 aromatic carbocycles. The molecule has 51 heavy (non-hydrogen) atoms. The average molecular weight is 757 g/mol. The maximum absolute atomic E-state index is 12.8. The molecule has 254 valence electrons. The zero-order valence-corrected chi connectivity index (χ0v) is 29.4. The maximum atomic E-state index is 12.8. The number of fused-ring (bicyclic) bond motifs is 3. The van der Waals surface area contributed by atoms with Gasteiger partial charge in [0.25, 0.3) is 5.91 Å². The zero-order chi connectivity index (χ0) is 35.8. The van der Waals surface area contributed by atoms with E-state index >= 15 is 0 Å². The summed E-state index contributed by atoms with van der Waals surface area (Å²) in [4.78, 5) is 51.1. The molecule has 0 atom stereocenters. The van der Waals surface area contributed by atoms with Crippen LogP contribution in [0.2, 0.25) is 20.1 Å². The number of Topliss-reactive ketones (excluding diaryl/α,β-unsaturated/α-hetero) is 1. The van der Waals surface area contributed by atoms with Crippen LogP contribution in [0, 0.1) is 0 Å². The van der Waals surface area contributed by atoms with Crippen LogP contribution in [0.15, 0.2) is 91.0 Å². The standard InChI is InChI=1S/C24H17Cl2N3O2.C14H8Cl2N2O2/c25-17-4-2-5-18(26)22(17)23-28-19-10-8-14(11-20(19)29-23)24(31)27-15-9-7-13-3-1-6-21(30)16(13)12-15;15-8-2-1-3-9(16)12(8)13-17-10-5-4-7(14(19)20)6-11(10)18-13/h2,4-5,7-12H,1,3,6H2,(H,27,31)(H,28,29);1-6H,(H,17,18)(H,19,20). The summed E-state index contributed by atoms with van der Waals surface area (Å²) in [6.45, 7) is 0. The van der Waals surface area contributed by atoms with E-state index in [-0.39, 0.29) is 17.3 Å². The van der Waals surface area contributed by atoms with Gasteiger partial charge in [-0.2, -0.15) is 0 Å². The molecule has 0 saturated heterocycles. The highest BCUT2D eigenvalue weighted by atomic mass is 35.5. The first-order chi connectivity index (χ1) is 24.5. The SMILES string of the molecule is O=C(Nc1ccc2c(c1)C(=O)CCC2)c1ccc2nc(-c3c(Cl)cccc3Cl)[nH]c2c1.O=C(O)c1ccc2nc(-c3c(Cl)cccc3Cl)[nH]c2c1. The molecule has 1 aliphatic carbocycles. The molecule has 1 amide bonds. The third kappa shape index (κ3) is 7.07. The molecule has 0 aliphatic heterocycles. The Morgan fingerprint density at radius 3 is 1.75 bits per heavy atom. The van der Waals surface area contributed by atoms with Gasteiger partial charge in [0.2, 0.25) is 0 Å². The Morgan fingerprint density at radius 2 is 1.20 bits per heavy atom. The number of carbonyl (C=O) groups is 3. The number of nitrogens with zero attached hydrogens (tertiary/aromatic N) is 2. The molecule has 8 rings (SSSR count). The van der Waals surface area contributed by atoms with Gasteiger partial charge in [0, 0.05) is 23.2 Å². The predicted molar refractivity (Wildman–Crippen MR) is 202 cm³/mol. The number of carboxylic acids is 1. The van der Waals surface area contributed by atoms with Gasteiger partial charge in [-0.1, -0.05) is 64.6 Å². The summed E-state index contributed by atoms with van der Waals surface area (Å²) < 4.78 is 0. The Morgan fingerprint density at radius 1 is 0.667 bits per heavy atom. The molecule has 0 fully saturated rings. The topological polar surface area (TPSA) is 141 Å². The molecule has 0 spiro atoms. The first-order valence-electron chi connectivity index (χ1n) is 15.6. The summed E-state index contributed by atoms with van der Waals surface area (Å²) >= 11 is 24.9. The highest BCUT2D eigenvalue weighted by Gasteiger charge is 2.19. The number of aromatic amines is 2. The van der Waals surface area contributed by atoms with Crippen molar-refractivity contribution in [2.24, 2.45) is 0 Å². The molecule has 0 unspecified atom stereocenters. The maximum Gasteiger partial charge on any atom is 0.335 e. The van der Waals surface area contributed by atoms with Gasteiger partial charge in [-0.15, -0.1) is 0 Å². The fourth-order valence-corrected chi connectivity index (χ4v) is 7.04. The van der Waals surface area contributed by atoms with E-state index in [1.807, 2.05) is 12.1 Å². The number of ketones is 1. The van der Waals surface area contributed by atoms with E-state index in [1.165, 1.54) is 12.1 Å². The minimum Gasteiger partial charge on any atom is -0.478 e. The number of benzene rings is 5. The minimum atomic E-state index is -0.987. The molecule has 13 heteroatoms. The predicted octanol–water partition coefficient (Wildman–Crippen LogP) is 10.5. The number of hydrogen-bond donors (Lipinski definition) is 4. The first-order valence-corrected chi connectivity index (χ1v) is 17.2. The van der Waals surface area contributed by atoms with Gasteiger partial charge in [0.1, 0.15) is 11.6 Å². The molecule has 1 aliphatic rings. The Bertz CT molecular complexity index is 2490. The summed E-state index contributed by atoms with van der Waals surface area (Å²) in [5, 5.41) is 13.8. The van der Waals surface area contributed by atoms with Gasteiger partial charge in [-0.05, 0) is 91.2 Å². The number of nitrogens with one attached hydrogen (secondary N) is 3. The number of amides is 1. The second-order valence-electron chi connectivity index (χ2n) is 11.7. The van der Waals surface area contributed by atoms with Crippen molar-refractivity contribution >= 4 is 91.8 Å². The van der Waals surface area contributed by atoms with Crippen LogP contribution in [-0.4, -0.2) is 42.7 Å². The highest BCUT2D eigenvalue weighted by molar-refractivity contribution is 6.39. The van der Waals surface area contributed by atoms with Crippen molar-refractivity contribution in [1.82, 2.24) is 19.9 Å². The summed E-state index contributed by atoms with van der Waals surface area (Å²) in [5.41, 5.74) is 6.89. The molecular formula is C38H25Cl4N5O4. The molecule has 2 heterocycles. The molecule has 0 bridgehead atoms.